The summed E-state index contributed by atoms with van der Waals surface area (Å²) in [6.07, 6.45) is -4.61. The second-order valence-corrected chi connectivity index (χ2v) is 3.94. The Balaban J connectivity index is 3.30. The molecule has 0 heterocycles. The number of rotatable bonds is 1. The summed E-state index contributed by atoms with van der Waals surface area (Å²) in [7, 11) is 0. The fourth-order valence-corrected chi connectivity index (χ4v) is 1.63. The van der Waals surface area contributed by atoms with Crippen molar-refractivity contribution in [1.29, 1.82) is 0 Å². The van der Waals surface area contributed by atoms with Crippen LogP contribution in [0.1, 0.15) is 18.1 Å². The van der Waals surface area contributed by atoms with Crippen LogP contribution in [0.4, 0.5) is 22.0 Å². The number of alkyl halides is 5. The van der Waals surface area contributed by atoms with Gasteiger partial charge < -0.3 is 0 Å². The summed E-state index contributed by atoms with van der Waals surface area (Å²) in [5.41, 5.74) is -1.75. The van der Waals surface area contributed by atoms with Gasteiger partial charge in [0, 0.05) is 17.0 Å². The van der Waals surface area contributed by atoms with Gasteiger partial charge in [-0.3, -0.25) is 0 Å². The molecule has 0 nitrogen and oxygen atoms in total. The van der Waals surface area contributed by atoms with E-state index in [1.54, 1.807) is 0 Å². The minimum Gasteiger partial charge on any atom is -0.202 e. The van der Waals surface area contributed by atoms with E-state index in [0.29, 0.717) is 13.0 Å². The molecule has 0 aromatic heterocycles. The lowest BCUT2D eigenvalue weighted by Crippen LogP contribution is -2.12. The first-order valence-electron chi connectivity index (χ1n) is 3.87. The molecular weight excluding hydrogens is 283 g/mol. The Morgan fingerprint density at radius 2 is 1.60 bits per heavy atom. The Hall–Kier alpha value is -0.650. The molecule has 0 saturated carbocycles. The Kier molecular flexibility index (Phi) is 3.09. The third kappa shape index (κ3) is 2.90. The standard InChI is InChI=1S/C9H6BrF5/c1-8(11,12)6-4-5(9(13,14)15)2-3-7(6)10/h2-4H,1H3. The number of halogens is 6. The van der Waals surface area contributed by atoms with Gasteiger partial charge in [0.05, 0.1) is 5.56 Å². The summed E-state index contributed by atoms with van der Waals surface area (Å²) in [6, 6.07) is 2.17. The van der Waals surface area contributed by atoms with Crippen LogP contribution in [0.15, 0.2) is 22.7 Å². The van der Waals surface area contributed by atoms with Gasteiger partial charge in [-0.25, -0.2) is 8.78 Å². The molecule has 0 aliphatic heterocycles. The van der Waals surface area contributed by atoms with Crippen LogP contribution in [0.25, 0.3) is 0 Å². The average molecular weight is 289 g/mol. The normalized spacial score (nSPS) is 13.0. The number of hydrogen-bond donors (Lipinski definition) is 0. The summed E-state index contributed by atoms with van der Waals surface area (Å²) in [6.45, 7) is 0.549. The van der Waals surface area contributed by atoms with Gasteiger partial charge in [0.1, 0.15) is 0 Å². The van der Waals surface area contributed by atoms with Gasteiger partial charge in [0.2, 0.25) is 0 Å². The maximum atomic E-state index is 12.9. The van der Waals surface area contributed by atoms with Crippen LogP contribution < -0.4 is 0 Å². The van der Waals surface area contributed by atoms with E-state index in [9.17, 15) is 22.0 Å². The lowest BCUT2D eigenvalue weighted by Gasteiger charge is -2.15. The predicted octanol–water partition coefficient (Wildman–Crippen LogP) is 4.58. The van der Waals surface area contributed by atoms with Crippen molar-refractivity contribution in [2.45, 2.75) is 19.0 Å². The van der Waals surface area contributed by atoms with Gasteiger partial charge >= 0.3 is 6.18 Å². The van der Waals surface area contributed by atoms with Gasteiger partial charge in [0.15, 0.2) is 0 Å². The van der Waals surface area contributed by atoms with Crippen LogP contribution in [-0.4, -0.2) is 0 Å². The number of hydrogen-bond acceptors (Lipinski definition) is 0. The molecule has 0 amide bonds. The molecule has 0 unspecified atom stereocenters. The molecule has 1 rings (SSSR count). The zero-order valence-corrected chi connectivity index (χ0v) is 9.09. The highest BCUT2D eigenvalue weighted by Gasteiger charge is 2.34. The van der Waals surface area contributed by atoms with Crippen molar-refractivity contribution in [3.63, 3.8) is 0 Å². The van der Waals surface area contributed by atoms with Crippen molar-refractivity contribution in [2.75, 3.05) is 0 Å². The molecule has 0 bridgehead atoms. The minimum atomic E-state index is -4.61. The first-order chi connectivity index (χ1) is 6.62. The molecule has 0 saturated heterocycles. The smallest absolute Gasteiger partial charge is 0.202 e. The van der Waals surface area contributed by atoms with E-state index < -0.39 is 23.2 Å². The molecule has 0 aliphatic carbocycles. The average Bonchev–Trinajstić information content (AvgIpc) is 2.00. The first-order valence-corrected chi connectivity index (χ1v) is 4.66. The highest BCUT2D eigenvalue weighted by molar-refractivity contribution is 9.10. The molecule has 0 N–H and O–H groups in total. The Labute approximate surface area is 91.2 Å². The second-order valence-electron chi connectivity index (χ2n) is 3.08. The second kappa shape index (κ2) is 3.73. The quantitative estimate of drug-likeness (QED) is 0.664. The molecule has 0 aliphatic rings. The molecule has 0 fully saturated rings. The molecule has 6 heteroatoms. The van der Waals surface area contributed by atoms with E-state index in [4.69, 9.17) is 0 Å². The Morgan fingerprint density at radius 1 is 1.07 bits per heavy atom. The van der Waals surface area contributed by atoms with Crippen LogP contribution in [-0.2, 0) is 12.1 Å². The van der Waals surface area contributed by atoms with Gasteiger partial charge in [-0.05, 0) is 18.2 Å². The lowest BCUT2D eigenvalue weighted by molar-refractivity contribution is -0.137. The third-order valence-electron chi connectivity index (χ3n) is 1.77. The van der Waals surface area contributed by atoms with E-state index >= 15 is 0 Å². The Morgan fingerprint density at radius 3 is 2.00 bits per heavy atom. The summed E-state index contributed by atoms with van der Waals surface area (Å²) >= 11 is 2.79. The predicted molar refractivity (Wildman–Crippen MR) is 48.7 cm³/mol. The van der Waals surface area contributed by atoms with E-state index in [0.717, 1.165) is 12.1 Å². The molecule has 0 spiro atoms. The molecule has 1 aromatic rings. The van der Waals surface area contributed by atoms with Crippen molar-refractivity contribution >= 4 is 15.9 Å². The van der Waals surface area contributed by atoms with Gasteiger partial charge in [-0.15, -0.1) is 0 Å². The monoisotopic (exact) mass is 288 g/mol. The Bertz CT molecular complexity index is 364. The summed E-state index contributed by atoms with van der Waals surface area (Å²) < 4.78 is 62.4. The van der Waals surface area contributed by atoms with Crippen LogP contribution in [0, 0.1) is 0 Å². The molecule has 84 valence electrons. The van der Waals surface area contributed by atoms with Gasteiger partial charge in [-0.2, -0.15) is 13.2 Å². The molecule has 1 aromatic carbocycles. The van der Waals surface area contributed by atoms with Crippen LogP contribution in [0.5, 0.6) is 0 Å². The SMILES string of the molecule is CC(F)(F)c1cc(C(F)(F)F)ccc1Br. The third-order valence-corrected chi connectivity index (χ3v) is 2.46. The molecule has 0 radical (unpaired) electrons. The van der Waals surface area contributed by atoms with E-state index in [1.165, 1.54) is 0 Å². The van der Waals surface area contributed by atoms with Crippen molar-refractivity contribution < 1.29 is 22.0 Å². The highest BCUT2D eigenvalue weighted by atomic mass is 79.9. The largest absolute Gasteiger partial charge is 0.416 e. The highest BCUT2D eigenvalue weighted by Crippen LogP contribution is 2.37. The molecular formula is C9H6BrF5. The van der Waals surface area contributed by atoms with Gasteiger partial charge in [0.25, 0.3) is 5.92 Å². The number of benzene rings is 1. The van der Waals surface area contributed by atoms with Crippen molar-refractivity contribution in [3.8, 4) is 0 Å². The fourth-order valence-electron chi connectivity index (χ4n) is 1.04. The van der Waals surface area contributed by atoms with Crippen molar-refractivity contribution in [2.24, 2.45) is 0 Å². The van der Waals surface area contributed by atoms with Crippen molar-refractivity contribution in [1.82, 2.24) is 0 Å². The van der Waals surface area contributed by atoms with E-state index in [1.807, 2.05) is 0 Å². The fraction of sp³-hybridized carbons (Fsp3) is 0.333. The van der Waals surface area contributed by atoms with Crippen LogP contribution in [0.2, 0.25) is 0 Å². The van der Waals surface area contributed by atoms with Crippen LogP contribution in [0.3, 0.4) is 0 Å². The van der Waals surface area contributed by atoms with E-state index in [-0.39, 0.29) is 4.47 Å². The minimum absolute atomic E-state index is 0.0389. The maximum Gasteiger partial charge on any atom is 0.416 e. The zero-order chi connectivity index (χ0) is 11.9. The lowest BCUT2D eigenvalue weighted by atomic mass is 10.1. The summed E-state index contributed by atoms with van der Waals surface area (Å²) in [4.78, 5) is 0. The van der Waals surface area contributed by atoms with Crippen LogP contribution >= 0.6 is 15.9 Å². The summed E-state index contributed by atoms with van der Waals surface area (Å²) in [5.74, 6) is -3.31. The first kappa shape index (κ1) is 12.4. The van der Waals surface area contributed by atoms with Crippen molar-refractivity contribution in [3.05, 3.63) is 33.8 Å². The van der Waals surface area contributed by atoms with Gasteiger partial charge in [-0.1, -0.05) is 15.9 Å². The molecule has 0 atom stereocenters. The maximum absolute atomic E-state index is 12.9. The topological polar surface area (TPSA) is 0 Å². The zero-order valence-electron chi connectivity index (χ0n) is 7.50. The molecule has 15 heavy (non-hydrogen) atoms. The summed E-state index contributed by atoms with van der Waals surface area (Å²) in [5, 5.41) is 0. The van der Waals surface area contributed by atoms with E-state index in [2.05, 4.69) is 15.9 Å².